The summed E-state index contributed by atoms with van der Waals surface area (Å²) in [4.78, 5) is 2.47. The lowest BCUT2D eigenvalue weighted by Gasteiger charge is -2.35. The van der Waals surface area contributed by atoms with Gasteiger partial charge in [-0.05, 0) is 139 Å². The number of anilines is 3. The van der Waals surface area contributed by atoms with Gasteiger partial charge in [-0.3, -0.25) is 0 Å². The van der Waals surface area contributed by atoms with Crippen LogP contribution in [-0.2, 0) is 10.8 Å². The fourth-order valence-corrected chi connectivity index (χ4v) is 13.2. The Kier molecular flexibility index (Phi) is 8.24. The molecule has 12 aromatic rings. The number of rotatable bonds is 6. The molecule has 0 aliphatic heterocycles. The van der Waals surface area contributed by atoms with E-state index in [1.807, 2.05) is 0 Å². The number of hydrogen-bond donors (Lipinski definition) is 0. The Bertz CT molecular complexity index is 3900. The minimum atomic E-state index is -0.489. The summed E-state index contributed by atoms with van der Waals surface area (Å²) < 4.78 is 2.40. The molecule has 70 heavy (non-hydrogen) atoms. The van der Waals surface area contributed by atoms with E-state index in [0.29, 0.717) is 0 Å². The van der Waals surface area contributed by atoms with Gasteiger partial charge in [-0.1, -0.05) is 206 Å². The molecule has 2 nitrogen and oxygen atoms in total. The van der Waals surface area contributed by atoms with Crippen LogP contribution in [0.5, 0.6) is 0 Å². The molecule has 326 valence electrons. The molecule has 1 heterocycles. The lowest BCUT2D eigenvalue weighted by molar-refractivity contribution is 0.768. The first-order valence-electron chi connectivity index (χ1n) is 24.4. The van der Waals surface area contributed by atoms with Crippen LogP contribution in [0.2, 0.25) is 0 Å². The molecule has 2 heteroatoms. The number of para-hydroxylation sites is 2. The van der Waals surface area contributed by atoms with E-state index in [1.165, 1.54) is 99.7 Å². The first-order chi connectivity index (χ1) is 34.7. The fourth-order valence-electron chi connectivity index (χ4n) is 13.2. The van der Waals surface area contributed by atoms with Crippen LogP contribution in [0.25, 0.3) is 60.9 Å². The Morgan fingerprint density at radius 3 is 1.10 bits per heavy atom. The molecule has 0 N–H and O–H groups in total. The maximum atomic E-state index is 2.50. The Labute approximate surface area is 407 Å². The van der Waals surface area contributed by atoms with Crippen LogP contribution >= 0.6 is 0 Å². The first-order valence-corrected chi connectivity index (χ1v) is 24.4. The second kappa shape index (κ2) is 14.8. The maximum absolute atomic E-state index is 2.50. The van der Waals surface area contributed by atoms with Gasteiger partial charge in [0, 0.05) is 33.5 Å². The zero-order valence-electron chi connectivity index (χ0n) is 38.3. The van der Waals surface area contributed by atoms with Crippen LogP contribution in [0, 0.1) is 0 Å². The van der Waals surface area contributed by atoms with E-state index in [-0.39, 0.29) is 0 Å². The molecule has 0 atom stereocenters. The highest BCUT2D eigenvalue weighted by molar-refractivity contribution is 6.09. The third-order valence-electron chi connectivity index (χ3n) is 15.9. The average molecular weight is 889 g/mol. The number of nitrogens with zero attached hydrogens (tertiary/aromatic N) is 2. The molecule has 0 amide bonds. The summed E-state index contributed by atoms with van der Waals surface area (Å²) in [6.45, 7) is 0. The molecule has 0 fully saturated rings. The van der Waals surface area contributed by atoms with Gasteiger partial charge in [-0.15, -0.1) is 0 Å². The fraction of sp³-hybridized carbons (Fsp3) is 0.0294. The highest BCUT2D eigenvalue weighted by atomic mass is 15.1. The molecule has 11 aromatic carbocycles. The largest absolute Gasteiger partial charge is 0.310 e. The van der Waals surface area contributed by atoms with Gasteiger partial charge in [0.15, 0.2) is 0 Å². The third kappa shape index (κ3) is 5.12. The van der Waals surface area contributed by atoms with Crippen LogP contribution in [0.1, 0.15) is 44.5 Å². The number of hydrogen-bond acceptors (Lipinski definition) is 1. The normalized spacial score (nSPS) is 13.9. The molecule has 0 saturated heterocycles. The second-order valence-electron chi connectivity index (χ2n) is 19.1. The van der Waals surface area contributed by atoms with E-state index in [4.69, 9.17) is 0 Å². The van der Waals surface area contributed by atoms with Crippen LogP contribution in [0.4, 0.5) is 17.1 Å². The molecular formula is C68H44N2. The van der Waals surface area contributed by atoms with Gasteiger partial charge in [0.05, 0.1) is 21.9 Å². The maximum Gasteiger partial charge on any atom is 0.0726 e. The summed E-state index contributed by atoms with van der Waals surface area (Å²) in [5, 5.41) is 2.51. The topological polar surface area (TPSA) is 8.17 Å². The van der Waals surface area contributed by atoms with E-state index in [1.54, 1.807) is 0 Å². The van der Waals surface area contributed by atoms with Gasteiger partial charge in [0.1, 0.15) is 0 Å². The van der Waals surface area contributed by atoms with Gasteiger partial charge in [-0.25, -0.2) is 0 Å². The number of benzene rings is 11. The SMILES string of the molecule is c1ccc(C2(c3ccc(N(c4ccc(-n5c6ccccc6c6ccccc65)cc4)c4ccc5c(c4)C4(c6ccccc6-c6ccccc64)c4ccccc4-5)cc3)c3ccccc3-c3ccccc32)cc1. The van der Waals surface area contributed by atoms with Gasteiger partial charge in [0.25, 0.3) is 0 Å². The second-order valence-corrected chi connectivity index (χ2v) is 19.1. The van der Waals surface area contributed by atoms with Crippen molar-refractivity contribution in [1.82, 2.24) is 4.57 Å². The monoisotopic (exact) mass is 888 g/mol. The standard InChI is InChI=1S/C68H44N2/c1-2-18-45(19-3-1)67(59-27-11-4-20-51(59)52-21-5-12-28-60(52)67)46-34-36-47(37-35-46)69(48-38-40-49(41-39-48)70-65-32-16-9-25-57(65)58-26-10-17-33-66(58)70)50-42-43-56-55-24-8-15-31-63(55)68(64(56)44-50)61-29-13-6-22-53(61)54-23-7-14-30-62(54)68/h1-44H. The van der Waals surface area contributed by atoms with E-state index in [0.717, 1.165) is 22.7 Å². The molecule has 0 radical (unpaired) electrons. The van der Waals surface area contributed by atoms with Crippen molar-refractivity contribution in [3.8, 4) is 39.1 Å². The molecule has 0 unspecified atom stereocenters. The van der Waals surface area contributed by atoms with Crippen LogP contribution in [0.3, 0.4) is 0 Å². The van der Waals surface area contributed by atoms with E-state index >= 15 is 0 Å². The zero-order chi connectivity index (χ0) is 46.0. The summed E-state index contributed by atoms with van der Waals surface area (Å²) >= 11 is 0. The Morgan fingerprint density at radius 2 is 0.614 bits per heavy atom. The highest BCUT2D eigenvalue weighted by Gasteiger charge is 2.52. The molecule has 1 spiro atoms. The molecule has 3 aliphatic carbocycles. The van der Waals surface area contributed by atoms with Crippen LogP contribution in [-0.4, -0.2) is 4.57 Å². The van der Waals surface area contributed by atoms with Gasteiger partial charge in [-0.2, -0.15) is 0 Å². The van der Waals surface area contributed by atoms with E-state index in [9.17, 15) is 0 Å². The number of aromatic nitrogens is 1. The average Bonchev–Trinajstić information content (AvgIpc) is 4.13. The Morgan fingerprint density at radius 1 is 0.257 bits per heavy atom. The minimum absolute atomic E-state index is 0.462. The smallest absolute Gasteiger partial charge is 0.0726 e. The summed E-state index contributed by atoms with van der Waals surface area (Å²) in [5.41, 5.74) is 24.1. The van der Waals surface area contributed by atoms with E-state index in [2.05, 4.69) is 276 Å². The summed E-state index contributed by atoms with van der Waals surface area (Å²) in [6, 6.07) is 99.7. The van der Waals surface area contributed by atoms with Crippen molar-refractivity contribution < 1.29 is 0 Å². The molecular weight excluding hydrogens is 845 g/mol. The lowest BCUT2D eigenvalue weighted by Crippen LogP contribution is -2.28. The molecule has 15 rings (SSSR count). The van der Waals surface area contributed by atoms with Crippen molar-refractivity contribution in [3.63, 3.8) is 0 Å². The summed E-state index contributed by atoms with van der Waals surface area (Å²) in [5.74, 6) is 0. The van der Waals surface area contributed by atoms with Crippen molar-refractivity contribution in [3.05, 3.63) is 311 Å². The Hall–Kier alpha value is -8.98. The predicted octanol–water partition coefficient (Wildman–Crippen LogP) is 17.0. The summed E-state index contributed by atoms with van der Waals surface area (Å²) in [7, 11) is 0. The van der Waals surface area contributed by atoms with Crippen LogP contribution in [0.15, 0.2) is 267 Å². The zero-order valence-corrected chi connectivity index (χ0v) is 38.3. The van der Waals surface area contributed by atoms with Crippen molar-refractivity contribution in [1.29, 1.82) is 0 Å². The quantitative estimate of drug-likeness (QED) is 0.161. The van der Waals surface area contributed by atoms with Gasteiger partial charge >= 0.3 is 0 Å². The molecule has 3 aliphatic rings. The van der Waals surface area contributed by atoms with Crippen molar-refractivity contribution in [2.45, 2.75) is 10.8 Å². The Balaban J connectivity index is 0.949. The van der Waals surface area contributed by atoms with E-state index < -0.39 is 10.8 Å². The minimum Gasteiger partial charge on any atom is -0.310 e. The molecule has 0 bridgehead atoms. The van der Waals surface area contributed by atoms with Crippen LogP contribution < -0.4 is 4.90 Å². The highest BCUT2D eigenvalue weighted by Crippen LogP contribution is 2.63. The van der Waals surface area contributed by atoms with Crippen molar-refractivity contribution >= 4 is 38.9 Å². The first kappa shape index (κ1) is 39.1. The molecule has 1 aromatic heterocycles. The lowest BCUT2D eigenvalue weighted by atomic mass is 9.67. The van der Waals surface area contributed by atoms with Crippen molar-refractivity contribution in [2.75, 3.05) is 4.90 Å². The van der Waals surface area contributed by atoms with Gasteiger partial charge < -0.3 is 9.47 Å². The third-order valence-corrected chi connectivity index (χ3v) is 15.9. The molecule has 0 saturated carbocycles. The number of fused-ring (bicyclic) bond motifs is 16. The predicted molar refractivity (Wildman–Crippen MR) is 289 cm³/mol. The van der Waals surface area contributed by atoms with Gasteiger partial charge in [0.2, 0.25) is 0 Å². The summed E-state index contributed by atoms with van der Waals surface area (Å²) in [6.07, 6.45) is 0. The van der Waals surface area contributed by atoms with Crippen molar-refractivity contribution in [2.24, 2.45) is 0 Å².